The van der Waals surface area contributed by atoms with Crippen LogP contribution < -0.4 is 0 Å². The van der Waals surface area contributed by atoms with E-state index in [-0.39, 0.29) is 17.9 Å². The molecule has 0 radical (unpaired) electrons. The number of aromatic nitrogens is 3. The number of amides is 1. The van der Waals surface area contributed by atoms with E-state index in [1.54, 1.807) is 12.4 Å². The van der Waals surface area contributed by atoms with E-state index in [1.165, 1.54) is 0 Å². The lowest BCUT2D eigenvalue weighted by Gasteiger charge is -2.20. The number of pyridine rings is 1. The zero-order valence-corrected chi connectivity index (χ0v) is 14.7. The van der Waals surface area contributed by atoms with Gasteiger partial charge < -0.3 is 15.0 Å². The first-order valence-electron chi connectivity index (χ1n) is 8.14. The molecule has 3 heterocycles. The zero-order valence-electron chi connectivity index (χ0n) is 14.7. The molecule has 146 valence electrons. The summed E-state index contributed by atoms with van der Waals surface area (Å²) in [4.78, 5) is 34.6. The number of carboxylic acids is 1. The Morgan fingerprint density at radius 3 is 2.52 bits per heavy atom. The highest BCUT2D eigenvalue weighted by molar-refractivity contribution is 5.79. The average Bonchev–Trinajstić information content (AvgIpc) is 3.22. The van der Waals surface area contributed by atoms with Crippen LogP contribution in [0.5, 0.6) is 0 Å². The molecule has 2 N–H and O–H groups in total. The van der Waals surface area contributed by atoms with Gasteiger partial charge in [-0.3, -0.25) is 9.78 Å². The van der Waals surface area contributed by atoms with Crippen LogP contribution >= 0.6 is 0 Å². The second kappa shape index (κ2) is 8.19. The Labute approximate surface area is 153 Å². The number of hydrogen-bond acceptors (Lipinski definition) is 4. The molecule has 10 heteroatoms. The third kappa shape index (κ3) is 5.28. The van der Waals surface area contributed by atoms with Gasteiger partial charge in [0, 0.05) is 42.9 Å². The number of aromatic amines is 1. The number of nitrogens with one attached hydrogen (secondary N) is 1. The van der Waals surface area contributed by atoms with Crippen LogP contribution in [-0.2, 0) is 9.59 Å². The first-order valence-corrected chi connectivity index (χ1v) is 8.14. The second-order valence-corrected chi connectivity index (χ2v) is 6.27. The summed E-state index contributed by atoms with van der Waals surface area (Å²) in [5.74, 6) is -1.49. The zero-order chi connectivity index (χ0) is 20.2. The fraction of sp³-hybridized carbons (Fsp3) is 0.412. The fourth-order valence-corrected chi connectivity index (χ4v) is 2.63. The molecular formula is C17H19F3N4O3. The van der Waals surface area contributed by atoms with Crippen molar-refractivity contribution < 1.29 is 27.9 Å². The van der Waals surface area contributed by atoms with Crippen molar-refractivity contribution in [2.24, 2.45) is 0 Å². The Hall–Kier alpha value is -2.91. The molecule has 1 unspecified atom stereocenters. The third-order valence-electron chi connectivity index (χ3n) is 3.98. The summed E-state index contributed by atoms with van der Waals surface area (Å²) in [7, 11) is 0. The van der Waals surface area contributed by atoms with Crippen molar-refractivity contribution in [1.29, 1.82) is 0 Å². The van der Waals surface area contributed by atoms with Crippen LogP contribution in [0.4, 0.5) is 13.2 Å². The Morgan fingerprint density at radius 1 is 1.37 bits per heavy atom. The lowest BCUT2D eigenvalue weighted by molar-refractivity contribution is -0.192. The van der Waals surface area contributed by atoms with Crippen molar-refractivity contribution in [2.75, 3.05) is 6.54 Å². The Morgan fingerprint density at radius 2 is 2.04 bits per heavy atom. The normalized spacial score (nSPS) is 17.0. The van der Waals surface area contributed by atoms with Crippen molar-refractivity contribution in [2.45, 2.75) is 38.4 Å². The molecule has 7 nitrogen and oxygen atoms in total. The summed E-state index contributed by atoms with van der Waals surface area (Å²) in [6, 6.07) is 4.14. The summed E-state index contributed by atoms with van der Waals surface area (Å²) >= 11 is 0. The van der Waals surface area contributed by atoms with Crippen LogP contribution in [0.2, 0.25) is 0 Å². The predicted octanol–water partition coefficient (Wildman–Crippen LogP) is 2.83. The number of H-pyrrole nitrogens is 1. The number of carbonyl (C=O) groups is 2. The molecule has 1 saturated heterocycles. The molecule has 2 aromatic rings. The number of likely N-dealkylation sites (tertiary alicyclic amines) is 1. The number of aliphatic carboxylic acids is 1. The number of hydrogen-bond donors (Lipinski definition) is 2. The molecular weight excluding hydrogens is 365 g/mol. The third-order valence-corrected chi connectivity index (χ3v) is 3.98. The predicted molar refractivity (Wildman–Crippen MR) is 89.7 cm³/mol. The summed E-state index contributed by atoms with van der Waals surface area (Å²) in [5, 5.41) is 7.12. The van der Waals surface area contributed by atoms with Gasteiger partial charge in [-0.15, -0.1) is 0 Å². The number of nitrogens with zero attached hydrogens (tertiary/aromatic N) is 3. The largest absolute Gasteiger partial charge is 0.490 e. The van der Waals surface area contributed by atoms with Crippen LogP contribution in [-0.4, -0.2) is 55.6 Å². The molecule has 1 amide bonds. The van der Waals surface area contributed by atoms with E-state index in [9.17, 15) is 18.0 Å². The molecule has 2 aromatic heterocycles. The van der Waals surface area contributed by atoms with Crippen LogP contribution in [0.3, 0.4) is 0 Å². The minimum atomic E-state index is -5.08. The SMILES string of the molecule is CC(C)N1CC(c2ncc(-c3cccnc3)[nH]2)CC1=O.O=C(O)C(F)(F)F. The standard InChI is InChI=1S/C15H18N4O.C2HF3O2/c1-10(2)19-9-12(6-14(19)20)15-17-8-13(18-15)11-4-3-5-16-7-11;3-2(4,5)1(6)7/h3-5,7-8,10,12H,6,9H2,1-2H3,(H,17,18);(H,6,7). The molecule has 0 aliphatic carbocycles. The summed E-state index contributed by atoms with van der Waals surface area (Å²) < 4.78 is 31.7. The number of carboxylic acid groups (broad SMARTS) is 1. The molecule has 1 aliphatic heterocycles. The van der Waals surface area contributed by atoms with Gasteiger partial charge in [-0.25, -0.2) is 9.78 Å². The molecule has 0 saturated carbocycles. The number of imidazole rings is 1. The van der Waals surface area contributed by atoms with Gasteiger partial charge in [-0.1, -0.05) is 0 Å². The van der Waals surface area contributed by atoms with Crippen LogP contribution in [0.25, 0.3) is 11.3 Å². The summed E-state index contributed by atoms with van der Waals surface area (Å²) in [6.45, 7) is 4.84. The smallest absolute Gasteiger partial charge is 0.475 e. The highest BCUT2D eigenvalue weighted by atomic mass is 19.4. The second-order valence-electron chi connectivity index (χ2n) is 6.27. The van der Waals surface area contributed by atoms with Gasteiger partial charge in [0.05, 0.1) is 11.9 Å². The van der Waals surface area contributed by atoms with Gasteiger partial charge >= 0.3 is 12.1 Å². The van der Waals surface area contributed by atoms with E-state index in [4.69, 9.17) is 9.90 Å². The number of halogens is 3. The Kier molecular flexibility index (Phi) is 6.19. The maximum Gasteiger partial charge on any atom is 0.490 e. The van der Waals surface area contributed by atoms with Crippen molar-refractivity contribution >= 4 is 11.9 Å². The van der Waals surface area contributed by atoms with E-state index in [0.717, 1.165) is 23.6 Å². The molecule has 27 heavy (non-hydrogen) atoms. The van der Waals surface area contributed by atoms with Crippen molar-refractivity contribution in [3.63, 3.8) is 0 Å². The van der Waals surface area contributed by atoms with Gasteiger partial charge in [-0.05, 0) is 26.0 Å². The van der Waals surface area contributed by atoms with E-state index in [0.29, 0.717) is 6.42 Å². The number of alkyl halides is 3. The van der Waals surface area contributed by atoms with Crippen molar-refractivity contribution in [1.82, 2.24) is 19.9 Å². The van der Waals surface area contributed by atoms with Gasteiger partial charge in [0.2, 0.25) is 5.91 Å². The number of carbonyl (C=O) groups excluding carboxylic acids is 1. The fourth-order valence-electron chi connectivity index (χ4n) is 2.63. The minimum absolute atomic E-state index is 0.162. The van der Waals surface area contributed by atoms with Crippen molar-refractivity contribution in [3.05, 3.63) is 36.5 Å². The van der Waals surface area contributed by atoms with Crippen LogP contribution in [0.15, 0.2) is 30.7 Å². The van der Waals surface area contributed by atoms with E-state index < -0.39 is 12.1 Å². The lowest BCUT2D eigenvalue weighted by Crippen LogP contribution is -2.31. The quantitative estimate of drug-likeness (QED) is 0.848. The first kappa shape index (κ1) is 20.4. The molecule has 0 bridgehead atoms. The molecule has 1 atom stereocenters. The van der Waals surface area contributed by atoms with E-state index in [1.807, 2.05) is 37.1 Å². The summed E-state index contributed by atoms with van der Waals surface area (Å²) in [5.41, 5.74) is 1.96. The minimum Gasteiger partial charge on any atom is -0.475 e. The van der Waals surface area contributed by atoms with Gasteiger partial charge in [-0.2, -0.15) is 13.2 Å². The van der Waals surface area contributed by atoms with E-state index >= 15 is 0 Å². The van der Waals surface area contributed by atoms with Crippen molar-refractivity contribution in [3.8, 4) is 11.3 Å². The van der Waals surface area contributed by atoms with Gasteiger partial charge in [0.25, 0.3) is 0 Å². The molecule has 1 aliphatic rings. The maximum absolute atomic E-state index is 12.0. The maximum atomic E-state index is 12.0. The van der Waals surface area contributed by atoms with Gasteiger partial charge in [0.15, 0.2) is 0 Å². The highest BCUT2D eigenvalue weighted by Crippen LogP contribution is 2.29. The lowest BCUT2D eigenvalue weighted by atomic mass is 10.1. The average molecular weight is 384 g/mol. The highest BCUT2D eigenvalue weighted by Gasteiger charge is 2.38. The Balaban J connectivity index is 0.000000321. The van der Waals surface area contributed by atoms with Crippen LogP contribution in [0.1, 0.15) is 32.0 Å². The molecule has 3 rings (SSSR count). The number of rotatable bonds is 3. The van der Waals surface area contributed by atoms with Gasteiger partial charge in [0.1, 0.15) is 5.82 Å². The Bertz CT molecular complexity index is 790. The monoisotopic (exact) mass is 384 g/mol. The molecule has 0 spiro atoms. The molecule has 1 fully saturated rings. The van der Waals surface area contributed by atoms with Crippen LogP contribution in [0, 0.1) is 0 Å². The summed E-state index contributed by atoms with van der Waals surface area (Å²) in [6.07, 6.45) is 0.821. The first-order chi connectivity index (χ1) is 12.6. The topological polar surface area (TPSA) is 99.2 Å². The molecule has 0 aromatic carbocycles. The van der Waals surface area contributed by atoms with E-state index in [2.05, 4.69) is 15.0 Å².